The second-order valence-electron chi connectivity index (χ2n) is 8.40. The fourth-order valence-electron chi connectivity index (χ4n) is 4.59. The minimum atomic E-state index is -2.68. The van der Waals surface area contributed by atoms with Crippen LogP contribution in [-0.4, -0.2) is 43.8 Å². The summed E-state index contributed by atoms with van der Waals surface area (Å²) in [5, 5.41) is 12.8. The average Bonchev–Trinajstić information content (AvgIpc) is 3.46. The maximum absolute atomic E-state index is 17.2. The van der Waals surface area contributed by atoms with Crippen molar-refractivity contribution in [3.05, 3.63) is 106 Å². The Labute approximate surface area is 216 Å². The monoisotopic (exact) mass is 526 g/mol. The van der Waals surface area contributed by atoms with Crippen molar-refractivity contribution < 1.29 is 19.1 Å². The summed E-state index contributed by atoms with van der Waals surface area (Å²) in [5.74, 6) is -3.37. The zero-order chi connectivity index (χ0) is 25.4. The van der Waals surface area contributed by atoms with Gasteiger partial charge in [0.25, 0.3) is 11.7 Å². The molecule has 1 aliphatic heterocycles. The number of pyridine rings is 1. The summed E-state index contributed by atoms with van der Waals surface area (Å²) in [6.07, 6.45) is 4.59. The fourth-order valence-corrected chi connectivity index (χ4v) is 4.83. The lowest BCUT2D eigenvalue weighted by Crippen LogP contribution is -2.50. The second-order valence-corrected chi connectivity index (χ2v) is 9.27. The molecule has 4 aromatic rings. The standard InChI is InChI=1S/C26H21Cl2FN4O3/c1-36-33-25(35)21-9-8-20(16-2-4-17(27)5-3-16)22(12-19-7-6-18(28)13-31-19)24(21)26(33,29)23(34)14-32-11-10-30-15-32/h2-11,13,15,23,34H,12,14H2,1H3/t23?,26-/m1/s1. The Morgan fingerprint density at radius 2 is 1.81 bits per heavy atom. The van der Waals surface area contributed by atoms with E-state index in [1.165, 1.54) is 30.4 Å². The van der Waals surface area contributed by atoms with Gasteiger partial charge in [-0.2, -0.15) is 5.06 Å². The molecule has 0 saturated carbocycles. The van der Waals surface area contributed by atoms with Gasteiger partial charge in [-0.05, 0) is 47.0 Å². The Kier molecular flexibility index (Phi) is 6.53. The van der Waals surface area contributed by atoms with Crippen LogP contribution in [0.3, 0.4) is 0 Å². The van der Waals surface area contributed by atoms with Crippen LogP contribution >= 0.6 is 23.2 Å². The number of aliphatic hydroxyl groups excluding tert-OH is 1. The van der Waals surface area contributed by atoms with Crippen LogP contribution in [0.25, 0.3) is 11.1 Å². The minimum Gasteiger partial charge on any atom is -0.385 e. The highest BCUT2D eigenvalue weighted by atomic mass is 35.5. The van der Waals surface area contributed by atoms with Crippen molar-refractivity contribution in [3.63, 3.8) is 0 Å². The maximum Gasteiger partial charge on any atom is 0.281 e. The molecule has 2 atom stereocenters. The molecule has 0 fully saturated rings. The van der Waals surface area contributed by atoms with Crippen LogP contribution in [0, 0.1) is 0 Å². The van der Waals surface area contributed by atoms with E-state index in [0.717, 1.165) is 5.56 Å². The van der Waals surface area contributed by atoms with Gasteiger partial charge in [0.15, 0.2) is 0 Å². The van der Waals surface area contributed by atoms with Crippen molar-refractivity contribution in [3.8, 4) is 11.1 Å². The molecule has 1 aliphatic rings. The molecule has 0 saturated heterocycles. The third-order valence-corrected chi connectivity index (χ3v) is 6.72. The molecule has 0 radical (unpaired) electrons. The highest BCUT2D eigenvalue weighted by Crippen LogP contribution is 2.48. The van der Waals surface area contributed by atoms with E-state index in [1.54, 1.807) is 42.6 Å². The number of rotatable bonds is 7. The van der Waals surface area contributed by atoms with E-state index in [-0.39, 0.29) is 24.1 Å². The fraction of sp³-hybridized carbons (Fsp3) is 0.192. The first-order valence-electron chi connectivity index (χ1n) is 11.1. The molecule has 0 aliphatic carbocycles. The van der Waals surface area contributed by atoms with Gasteiger partial charge >= 0.3 is 0 Å². The Bertz CT molecular complexity index is 1400. The van der Waals surface area contributed by atoms with Gasteiger partial charge in [-0.15, -0.1) is 0 Å². The molecule has 0 bridgehead atoms. The number of halogens is 3. The number of nitrogens with zero attached hydrogens (tertiary/aromatic N) is 4. The number of alkyl halides is 1. The van der Waals surface area contributed by atoms with Crippen molar-refractivity contribution in [2.24, 2.45) is 0 Å². The third kappa shape index (κ3) is 4.16. The number of aromatic nitrogens is 3. The number of hydrogen-bond donors (Lipinski definition) is 1. The summed E-state index contributed by atoms with van der Waals surface area (Å²) in [7, 11) is 1.20. The van der Waals surface area contributed by atoms with Gasteiger partial charge in [0, 0.05) is 41.3 Å². The lowest BCUT2D eigenvalue weighted by Gasteiger charge is -2.35. The van der Waals surface area contributed by atoms with Crippen LogP contribution < -0.4 is 0 Å². The van der Waals surface area contributed by atoms with E-state index >= 15 is 4.39 Å². The van der Waals surface area contributed by atoms with Crippen LogP contribution in [0.5, 0.6) is 0 Å². The topological polar surface area (TPSA) is 80.5 Å². The first-order chi connectivity index (χ1) is 17.3. The molecule has 3 heterocycles. The lowest BCUT2D eigenvalue weighted by molar-refractivity contribution is -0.247. The molecule has 0 spiro atoms. The predicted molar refractivity (Wildman–Crippen MR) is 133 cm³/mol. The third-order valence-electron chi connectivity index (χ3n) is 6.24. The first kappa shape index (κ1) is 24.4. The highest BCUT2D eigenvalue weighted by Gasteiger charge is 2.58. The molecule has 1 N–H and O–H groups in total. The van der Waals surface area contributed by atoms with Gasteiger partial charge in [-0.1, -0.05) is 41.4 Å². The van der Waals surface area contributed by atoms with Gasteiger partial charge in [-0.3, -0.25) is 14.6 Å². The molecule has 2 aromatic heterocycles. The van der Waals surface area contributed by atoms with Crippen molar-refractivity contribution in [1.82, 2.24) is 19.6 Å². The van der Waals surface area contributed by atoms with Crippen LogP contribution in [0.4, 0.5) is 4.39 Å². The quantitative estimate of drug-likeness (QED) is 0.341. The van der Waals surface area contributed by atoms with Gasteiger partial charge in [0.05, 0.1) is 30.6 Å². The van der Waals surface area contributed by atoms with Gasteiger partial charge in [-0.25, -0.2) is 9.37 Å². The average molecular weight is 527 g/mol. The van der Waals surface area contributed by atoms with E-state index in [1.807, 2.05) is 12.1 Å². The van der Waals surface area contributed by atoms with E-state index < -0.39 is 17.8 Å². The normalized spacial score (nSPS) is 17.9. The zero-order valence-corrected chi connectivity index (χ0v) is 20.6. The minimum absolute atomic E-state index is 0.0335. The number of amides is 1. The molecule has 5 rings (SSSR count). The smallest absolute Gasteiger partial charge is 0.281 e. The Morgan fingerprint density at radius 3 is 2.44 bits per heavy atom. The number of imidazole rings is 1. The summed E-state index contributed by atoms with van der Waals surface area (Å²) < 4.78 is 18.8. The number of aliphatic hydroxyl groups is 1. The number of fused-ring (bicyclic) bond motifs is 1. The van der Waals surface area contributed by atoms with E-state index in [2.05, 4.69) is 9.97 Å². The molecule has 184 valence electrons. The summed E-state index contributed by atoms with van der Waals surface area (Å²) in [4.78, 5) is 26.8. The molecule has 10 heteroatoms. The van der Waals surface area contributed by atoms with Crippen LogP contribution in [0.2, 0.25) is 10.0 Å². The molecule has 1 unspecified atom stereocenters. The molecular formula is C26H21Cl2FN4O3. The number of hydroxylamine groups is 2. The number of hydrogen-bond acceptors (Lipinski definition) is 5. The lowest BCUT2D eigenvalue weighted by atomic mass is 9.85. The predicted octanol–water partition coefficient (Wildman–Crippen LogP) is 5.04. The summed E-state index contributed by atoms with van der Waals surface area (Å²) in [6.45, 7) is -0.160. The Morgan fingerprint density at radius 1 is 1.08 bits per heavy atom. The van der Waals surface area contributed by atoms with Crippen molar-refractivity contribution in [2.45, 2.75) is 24.9 Å². The van der Waals surface area contributed by atoms with Crippen molar-refractivity contribution in [1.29, 1.82) is 0 Å². The number of benzene rings is 2. The molecular weight excluding hydrogens is 506 g/mol. The van der Waals surface area contributed by atoms with Crippen LogP contribution in [0.15, 0.2) is 73.4 Å². The summed E-state index contributed by atoms with van der Waals surface area (Å²) in [5.41, 5.74) is 2.67. The maximum atomic E-state index is 17.2. The SMILES string of the molecule is CON1C(=O)c2ccc(-c3ccc(Cl)cc3)c(Cc3ccc(Cl)cn3)c2[C@@]1(F)C(O)Cn1ccnc1. The molecule has 36 heavy (non-hydrogen) atoms. The van der Waals surface area contributed by atoms with Crippen LogP contribution in [-0.2, 0) is 23.6 Å². The largest absolute Gasteiger partial charge is 0.385 e. The highest BCUT2D eigenvalue weighted by molar-refractivity contribution is 6.30. The van der Waals surface area contributed by atoms with Gasteiger partial charge in [0.2, 0.25) is 0 Å². The molecule has 2 aromatic carbocycles. The summed E-state index contributed by atoms with van der Waals surface area (Å²) in [6, 6.07) is 13.8. The van der Waals surface area contributed by atoms with Crippen molar-refractivity contribution in [2.75, 3.05) is 7.11 Å². The van der Waals surface area contributed by atoms with Crippen LogP contribution in [0.1, 0.15) is 27.2 Å². The van der Waals surface area contributed by atoms with E-state index in [9.17, 15) is 9.90 Å². The molecule has 1 amide bonds. The van der Waals surface area contributed by atoms with Gasteiger partial charge < -0.3 is 9.67 Å². The van der Waals surface area contributed by atoms with E-state index in [4.69, 9.17) is 28.0 Å². The number of carbonyl (C=O) groups is 1. The molecule has 7 nitrogen and oxygen atoms in total. The van der Waals surface area contributed by atoms with Gasteiger partial charge in [0.1, 0.15) is 6.10 Å². The summed E-state index contributed by atoms with van der Waals surface area (Å²) >= 11 is 12.1. The Hall–Kier alpha value is -3.30. The zero-order valence-electron chi connectivity index (χ0n) is 19.1. The first-order valence-corrected chi connectivity index (χ1v) is 11.8. The van der Waals surface area contributed by atoms with E-state index in [0.29, 0.717) is 31.9 Å². The Balaban J connectivity index is 1.73. The second kappa shape index (κ2) is 9.63. The number of carbonyl (C=O) groups excluding carboxylic acids is 1. The van der Waals surface area contributed by atoms with Crippen molar-refractivity contribution >= 4 is 29.1 Å².